The van der Waals surface area contributed by atoms with Crippen LogP contribution in [0.3, 0.4) is 0 Å². The van der Waals surface area contributed by atoms with Crippen molar-refractivity contribution in [2.75, 3.05) is 18.5 Å². The number of rotatable bonds is 8. The van der Waals surface area contributed by atoms with Gasteiger partial charge >= 0.3 is 6.18 Å². The summed E-state index contributed by atoms with van der Waals surface area (Å²) in [4.78, 5) is 25.0. The maximum absolute atomic E-state index is 12.4. The summed E-state index contributed by atoms with van der Waals surface area (Å²) < 4.78 is 41.1. The predicted molar refractivity (Wildman–Crippen MR) is 102 cm³/mol. The molecule has 2 N–H and O–H groups in total. The molecule has 0 radical (unpaired) electrons. The molecule has 0 saturated heterocycles. The Labute approximate surface area is 167 Å². The summed E-state index contributed by atoms with van der Waals surface area (Å²) in [5.74, 6) is 0.361. The third-order valence-electron chi connectivity index (χ3n) is 3.71. The van der Waals surface area contributed by atoms with Gasteiger partial charge in [0.15, 0.2) is 6.61 Å². The van der Waals surface area contributed by atoms with Crippen molar-refractivity contribution in [1.82, 2.24) is 20.3 Å². The highest BCUT2D eigenvalue weighted by Crippen LogP contribution is 2.18. The van der Waals surface area contributed by atoms with Gasteiger partial charge in [-0.3, -0.25) is 4.79 Å². The van der Waals surface area contributed by atoms with Crippen LogP contribution in [0.2, 0.25) is 0 Å². The molecule has 158 valence electrons. The van der Waals surface area contributed by atoms with Gasteiger partial charge in [-0.25, -0.2) is 15.0 Å². The van der Waals surface area contributed by atoms with Gasteiger partial charge in [0.25, 0.3) is 5.91 Å². The highest BCUT2D eigenvalue weighted by Gasteiger charge is 2.28. The van der Waals surface area contributed by atoms with Crippen molar-refractivity contribution in [1.29, 1.82) is 0 Å². The van der Waals surface area contributed by atoms with E-state index in [-0.39, 0.29) is 11.4 Å². The number of hydrogen-bond donors (Lipinski definition) is 2. The summed E-state index contributed by atoms with van der Waals surface area (Å²) in [5.41, 5.74) is 1.44. The second kappa shape index (κ2) is 9.53. The maximum Gasteiger partial charge on any atom is 0.422 e. The summed E-state index contributed by atoms with van der Waals surface area (Å²) in [6, 6.07) is 3.91. The zero-order chi connectivity index (χ0) is 21.6. The molecule has 0 aliphatic carbocycles. The number of carbonyl (C=O) groups is 1. The summed E-state index contributed by atoms with van der Waals surface area (Å²) in [6.07, 6.45) is -3.36. The van der Waals surface area contributed by atoms with E-state index in [0.717, 1.165) is 18.4 Å². The van der Waals surface area contributed by atoms with Gasteiger partial charge in [0.05, 0.1) is 17.9 Å². The number of aryl methyl sites for hydroxylation is 1. The fourth-order valence-corrected chi connectivity index (χ4v) is 2.30. The van der Waals surface area contributed by atoms with Crippen LogP contribution in [-0.2, 0) is 0 Å². The van der Waals surface area contributed by atoms with Gasteiger partial charge in [-0.05, 0) is 38.0 Å². The van der Waals surface area contributed by atoms with E-state index in [2.05, 4.69) is 44.2 Å². The van der Waals surface area contributed by atoms with E-state index < -0.39 is 24.7 Å². The normalized spacial score (nSPS) is 12.6. The number of carbonyl (C=O) groups excluding carboxylic acids is 1. The second-order valence-corrected chi connectivity index (χ2v) is 7.01. The van der Waals surface area contributed by atoms with Gasteiger partial charge in [-0.2, -0.15) is 13.2 Å². The highest BCUT2D eigenvalue weighted by molar-refractivity contribution is 5.92. The molecule has 1 atom stereocenters. The monoisotopic (exact) mass is 411 g/mol. The molecule has 0 bridgehead atoms. The zero-order valence-electron chi connectivity index (χ0n) is 16.7. The Hall–Kier alpha value is -2.91. The first-order chi connectivity index (χ1) is 13.5. The second-order valence-electron chi connectivity index (χ2n) is 7.01. The smallest absolute Gasteiger partial charge is 0.422 e. The van der Waals surface area contributed by atoms with Crippen molar-refractivity contribution in [2.24, 2.45) is 5.92 Å². The molecule has 0 aromatic carbocycles. The van der Waals surface area contributed by atoms with E-state index in [1.54, 1.807) is 13.0 Å². The number of hydrogen-bond acceptors (Lipinski definition) is 6. The third kappa shape index (κ3) is 7.55. The van der Waals surface area contributed by atoms with Crippen LogP contribution < -0.4 is 15.4 Å². The van der Waals surface area contributed by atoms with Crippen LogP contribution in [0.1, 0.15) is 48.7 Å². The number of ether oxygens (including phenoxy) is 1. The summed E-state index contributed by atoms with van der Waals surface area (Å²) >= 11 is 0. The average molecular weight is 411 g/mol. The number of nitrogens with zero attached hydrogens (tertiary/aromatic N) is 3. The Balaban J connectivity index is 2.01. The average Bonchev–Trinajstić information content (AvgIpc) is 2.64. The largest absolute Gasteiger partial charge is 0.483 e. The lowest BCUT2D eigenvalue weighted by Gasteiger charge is -2.16. The molecule has 0 fully saturated rings. The van der Waals surface area contributed by atoms with Crippen molar-refractivity contribution in [3.63, 3.8) is 0 Å². The Morgan fingerprint density at radius 3 is 2.52 bits per heavy atom. The highest BCUT2D eigenvalue weighted by atomic mass is 19.4. The van der Waals surface area contributed by atoms with Gasteiger partial charge in [-0.1, -0.05) is 13.8 Å². The van der Waals surface area contributed by atoms with E-state index in [0.29, 0.717) is 17.6 Å². The van der Waals surface area contributed by atoms with Crippen molar-refractivity contribution in [3.8, 4) is 5.75 Å². The van der Waals surface area contributed by atoms with Gasteiger partial charge in [0.1, 0.15) is 11.4 Å². The van der Waals surface area contributed by atoms with Gasteiger partial charge in [0, 0.05) is 12.2 Å². The van der Waals surface area contributed by atoms with E-state index in [4.69, 9.17) is 0 Å². The third-order valence-corrected chi connectivity index (χ3v) is 3.71. The van der Waals surface area contributed by atoms with Crippen LogP contribution in [0.5, 0.6) is 5.75 Å². The first-order valence-electron chi connectivity index (χ1n) is 9.09. The molecule has 0 spiro atoms. The van der Waals surface area contributed by atoms with Crippen molar-refractivity contribution < 1.29 is 22.7 Å². The fraction of sp³-hybridized carbons (Fsp3) is 0.474. The van der Waals surface area contributed by atoms with Crippen LogP contribution in [-0.4, -0.2) is 40.2 Å². The molecule has 0 aliphatic heterocycles. The Bertz CT molecular complexity index is 826. The van der Waals surface area contributed by atoms with E-state index >= 15 is 0 Å². The van der Waals surface area contributed by atoms with Crippen LogP contribution in [0, 0.1) is 12.8 Å². The zero-order valence-corrected chi connectivity index (χ0v) is 16.7. The van der Waals surface area contributed by atoms with E-state index in [9.17, 15) is 18.0 Å². The minimum absolute atomic E-state index is 0.0557. The number of anilines is 1. The van der Waals surface area contributed by atoms with Crippen molar-refractivity contribution >= 4 is 11.9 Å². The molecule has 0 saturated carbocycles. The summed E-state index contributed by atoms with van der Waals surface area (Å²) in [5, 5.41) is 5.92. The first-order valence-corrected chi connectivity index (χ1v) is 9.09. The van der Waals surface area contributed by atoms with Crippen LogP contribution in [0.4, 0.5) is 19.1 Å². The Morgan fingerprint density at radius 1 is 1.21 bits per heavy atom. The van der Waals surface area contributed by atoms with Crippen LogP contribution in [0.15, 0.2) is 24.4 Å². The molecule has 2 aromatic heterocycles. The summed E-state index contributed by atoms with van der Waals surface area (Å²) in [7, 11) is 0. The molecule has 29 heavy (non-hydrogen) atoms. The van der Waals surface area contributed by atoms with Crippen LogP contribution >= 0.6 is 0 Å². The minimum Gasteiger partial charge on any atom is -0.483 e. The molecule has 1 amide bonds. The SMILES string of the molecule is Cc1cc(C(C)NC(=O)c2ccc(OCC(F)(F)F)cn2)nc(NCC(C)C)n1. The molecule has 2 aromatic rings. The predicted octanol–water partition coefficient (Wildman–Crippen LogP) is 3.68. The maximum atomic E-state index is 12.4. The Morgan fingerprint density at radius 2 is 1.93 bits per heavy atom. The van der Waals surface area contributed by atoms with E-state index in [1.165, 1.54) is 12.1 Å². The van der Waals surface area contributed by atoms with Gasteiger partial charge < -0.3 is 15.4 Å². The molecule has 7 nitrogen and oxygen atoms in total. The lowest BCUT2D eigenvalue weighted by atomic mass is 10.2. The van der Waals surface area contributed by atoms with Crippen LogP contribution in [0.25, 0.3) is 0 Å². The molecule has 0 aliphatic rings. The Kier molecular flexibility index (Phi) is 7.35. The molecule has 1 unspecified atom stereocenters. The van der Waals surface area contributed by atoms with Gasteiger partial charge in [0.2, 0.25) is 5.95 Å². The van der Waals surface area contributed by atoms with Crippen molar-refractivity contribution in [2.45, 2.75) is 39.9 Å². The number of nitrogens with one attached hydrogen (secondary N) is 2. The molecule has 2 rings (SSSR count). The fourth-order valence-electron chi connectivity index (χ4n) is 2.30. The number of alkyl halides is 3. The number of pyridine rings is 1. The van der Waals surface area contributed by atoms with Crippen molar-refractivity contribution in [3.05, 3.63) is 41.5 Å². The van der Waals surface area contributed by atoms with Gasteiger partial charge in [-0.15, -0.1) is 0 Å². The number of amides is 1. The first kappa shape index (κ1) is 22.4. The summed E-state index contributed by atoms with van der Waals surface area (Å²) in [6.45, 7) is 7.04. The molecular weight excluding hydrogens is 387 g/mol. The minimum atomic E-state index is -4.44. The number of aromatic nitrogens is 3. The van der Waals surface area contributed by atoms with E-state index in [1.807, 2.05) is 6.92 Å². The quantitative estimate of drug-likeness (QED) is 0.689. The standard InChI is InChI=1S/C19H24F3N5O2/c1-11(2)8-24-18-25-12(3)7-16(27-18)13(4)26-17(28)15-6-5-14(9-23-15)29-10-19(20,21)22/h5-7,9,11,13H,8,10H2,1-4H3,(H,26,28)(H,24,25,27). The topological polar surface area (TPSA) is 89.0 Å². The lowest BCUT2D eigenvalue weighted by Crippen LogP contribution is -2.28. The lowest BCUT2D eigenvalue weighted by molar-refractivity contribution is -0.153. The molecule has 10 heteroatoms. The molecular formula is C19H24F3N5O2. The number of halogens is 3. The molecule has 2 heterocycles.